The van der Waals surface area contributed by atoms with Gasteiger partial charge >= 0.3 is 0 Å². The molecule has 0 unspecified atom stereocenters. The molecule has 10 nitrogen and oxygen atoms in total. The van der Waals surface area contributed by atoms with Gasteiger partial charge in [0.05, 0.1) is 32.3 Å². The number of nitrogens with zero attached hydrogens (tertiary/aromatic N) is 4. The van der Waals surface area contributed by atoms with Crippen LogP contribution in [0.2, 0.25) is 0 Å². The molecule has 0 bridgehead atoms. The number of benzene rings is 1. The topological polar surface area (TPSA) is 115 Å². The van der Waals surface area contributed by atoms with Gasteiger partial charge in [-0.3, -0.25) is 9.59 Å². The molecule has 2 heterocycles. The average Bonchev–Trinajstić information content (AvgIpc) is 2.81. The summed E-state index contributed by atoms with van der Waals surface area (Å²) in [6, 6.07) is 7.04. The number of hydrazone groups is 1. The lowest BCUT2D eigenvalue weighted by Gasteiger charge is -2.26. The van der Waals surface area contributed by atoms with Crippen LogP contribution in [0.3, 0.4) is 0 Å². The predicted octanol–water partition coefficient (Wildman–Crippen LogP) is 1.58. The first kappa shape index (κ1) is 24.5. The lowest BCUT2D eigenvalue weighted by Crippen LogP contribution is -2.43. The van der Waals surface area contributed by atoms with Crippen molar-refractivity contribution >= 4 is 29.8 Å². The second kappa shape index (κ2) is 12.2. The van der Waals surface area contributed by atoms with Crippen LogP contribution in [0, 0.1) is 13.8 Å². The average molecular weight is 474 g/mol. The van der Waals surface area contributed by atoms with Gasteiger partial charge in [-0.25, -0.2) is 15.4 Å². The highest BCUT2D eigenvalue weighted by atomic mass is 32.2. The third-order valence-corrected chi connectivity index (χ3v) is 5.45. The number of aromatic nitrogens is 2. The van der Waals surface area contributed by atoms with E-state index in [1.807, 2.05) is 19.9 Å². The van der Waals surface area contributed by atoms with Crippen LogP contribution < -0.4 is 14.9 Å². The molecule has 0 radical (unpaired) electrons. The van der Waals surface area contributed by atoms with E-state index in [1.54, 1.807) is 23.1 Å². The van der Waals surface area contributed by atoms with Crippen LogP contribution in [0.1, 0.15) is 17.0 Å². The van der Waals surface area contributed by atoms with Gasteiger partial charge in [0.25, 0.3) is 11.8 Å². The van der Waals surface area contributed by atoms with Gasteiger partial charge in [0.2, 0.25) is 0 Å². The summed E-state index contributed by atoms with van der Waals surface area (Å²) in [6.07, 6.45) is 1.50. The van der Waals surface area contributed by atoms with E-state index in [2.05, 4.69) is 20.5 Å². The summed E-state index contributed by atoms with van der Waals surface area (Å²) in [5.41, 5.74) is 4.89. The summed E-state index contributed by atoms with van der Waals surface area (Å²) in [5.74, 6) is 0.686. The largest absolute Gasteiger partial charge is 0.493 e. The van der Waals surface area contributed by atoms with Crippen molar-refractivity contribution < 1.29 is 23.8 Å². The van der Waals surface area contributed by atoms with E-state index in [9.17, 15) is 9.59 Å². The quantitative estimate of drug-likeness (QED) is 0.253. The van der Waals surface area contributed by atoms with E-state index >= 15 is 0 Å². The van der Waals surface area contributed by atoms with Crippen LogP contribution in [-0.2, 0) is 14.3 Å². The maximum atomic E-state index is 12.3. The summed E-state index contributed by atoms with van der Waals surface area (Å²) >= 11 is 1.25. The van der Waals surface area contributed by atoms with E-state index in [0.717, 1.165) is 11.4 Å². The van der Waals surface area contributed by atoms with E-state index in [4.69, 9.17) is 14.2 Å². The zero-order valence-corrected chi connectivity index (χ0v) is 19.7. The van der Waals surface area contributed by atoms with Gasteiger partial charge in [-0.15, -0.1) is 0 Å². The van der Waals surface area contributed by atoms with Gasteiger partial charge in [0, 0.05) is 24.5 Å². The Morgan fingerprint density at radius 3 is 2.61 bits per heavy atom. The Hall–Kier alpha value is -3.18. The summed E-state index contributed by atoms with van der Waals surface area (Å²) in [6.45, 7) is 5.90. The molecule has 2 aromatic rings. The number of carbonyl (C=O) groups is 2. The summed E-state index contributed by atoms with van der Waals surface area (Å²) in [5, 5.41) is 4.54. The number of thioether (sulfide) groups is 1. The molecule has 176 valence electrons. The molecule has 0 spiro atoms. The smallest absolute Gasteiger partial charge is 0.260 e. The highest BCUT2D eigenvalue weighted by Crippen LogP contribution is 2.27. The van der Waals surface area contributed by atoms with Crippen LogP contribution >= 0.6 is 11.8 Å². The maximum absolute atomic E-state index is 12.3. The molecule has 3 rings (SSSR count). The summed E-state index contributed by atoms with van der Waals surface area (Å²) in [4.78, 5) is 34.6. The number of aryl methyl sites for hydroxylation is 2. The Kier molecular flexibility index (Phi) is 9.02. The fourth-order valence-corrected chi connectivity index (χ4v) is 3.77. The van der Waals surface area contributed by atoms with E-state index in [-0.39, 0.29) is 24.2 Å². The highest BCUT2D eigenvalue weighted by molar-refractivity contribution is 7.99. The number of rotatable bonds is 9. The van der Waals surface area contributed by atoms with Crippen LogP contribution in [0.5, 0.6) is 11.5 Å². The first-order chi connectivity index (χ1) is 15.9. The van der Waals surface area contributed by atoms with Crippen LogP contribution in [0.15, 0.2) is 34.5 Å². The third-order valence-electron chi connectivity index (χ3n) is 4.60. The van der Waals surface area contributed by atoms with Crippen molar-refractivity contribution in [2.75, 3.05) is 45.8 Å². The van der Waals surface area contributed by atoms with Crippen molar-refractivity contribution in [3.63, 3.8) is 0 Å². The highest BCUT2D eigenvalue weighted by Gasteiger charge is 2.18. The van der Waals surface area contributed by atoms with Crippen LogP contribution in [0.4, 0.5) is 0 Å². The summed E-state index contributed by atoms with van der Waals surface area (Å²) in [7, 11) is 1.51. The van der Waals surface area contributed by atoms with E-state index in [1.165, 1.54) is 25.1 Å². The molecular formula is C22H27N5O5S. The van der Waals surface area contributed by atoms with Gasteiger partial charge in [0.15, 0.2) is 23.3 Å². The molecule has 1 aliphatic heterocycles. The van der Waals surface area contributed by atoms with Gasteiger partial charge in [-0.05, 0) is 43.7 Å². The fraction of sp³-hybridized carbons (Fsp3) is 0.409. The number of methoxy groups -OCH3 is 1. The molecule has 1 N–H and O–H groups in total. The van der Waals surface area contributed by atoms with Gasteiger partial charge in [-0.1, -0.05) is 11.8 Å². The standard InChI is InChI=1S/C22H27N5O5S/c1-15-10-16(2)25-22(24-15)33-14-20(28)26-23-12-17-4-5-18(19(11-17)30-3)32-13-21(29)27-6-8-31-9-7-27/h4-5,10-12H,6-9,13-14H2,1-3H3,(H,26,28)/b23-12+. The van der Waals surface area contributed by atoms with Gasteiger partial charge in [-0.2, -0.15) is 5.10 Å². The number of carbonyl (C=O) groups excluding carboxylic acids is 2. The number of amides is 2. The van der Waals surface area contributed by atoms with Crippen molar-refractivity contribution in [2.45, 2.75) is 19.0 Å². The van der Waals surface area contributed by atoms with E-state index < -0.39 is 0 Å². The molecule has 1 fully saturated rings. The zero-order chi connectivity index (χ0) is 23.6. The lowest BCUT2D eigenvalue weighted by molar-refractivity contribution is -0.137. The molecule has 1 aliphatic rings. The Labute approximate surface area is 196 Å². The second-order valence-electron chi connectivity index (χ2n) is 7.21. The van der Waals surface area contributed by atoms with E-state index in [0.29, 0.717) is 48.5 Å². The zero-order valence-electron chi connectivity index (χ0n) is 18.9. The molecule has 0 aliphatic carbocycles. The monoisotopic (exact) mass is 473 g/mol. The molecule has 1 aromatic heterocycles. The number of nitrogens with one attached hydrogen (secondary N) is 1. The van der Waals surface area contributed by atoms with Crippen molar-refractivity contribution in [3.05, 3.63) is 41.2 Å². The lowest BCUT2D eigenvalue weighted by atomic mass is 10.2. The van der Waals surface area contributed by atoms with Crippen molar-refractivity contribution in [1.82, 2.24) is 20.3 Å². The van der Waals surface area contributed by atoms with Gasteiger partial charge in [0.1, 0.15) is 0 Å². The first-order valence-corrected chi connectivity index (χ1v) is 11.4. The minimum absolute atomic E-state index is 0.0816. The molecule has 0 atom stereocenters. The molecular weight excluding hydrogens is 446 g/mol. The normalized spacial score (nSPS) is 13.7. The molecule has 0 saturated carbocycles. The Bertz CT molecular complexity index is 990. The molecule has 2 amide bonds. The van der Waals surface area contributed by atoms with Crippen molar-refractivity contribution in [2.24, 2.45) is 5.10 Å². The Morgan fingerprint density at radius 1 is 1.18 bits per heavy atom. The maximum Gasteiger partial charge on any atom is 0.260 e. The van der Waals surface area contributed by atoms with Crippen LogP contribution in [0.25, 0.3) is 0 Å². The summed E-state index contributed by atoms with van der Waals surface area (Å²) < 4.78 is 16.3. The van der Waals surface area contributed by atoms with Crippen molar-refractivity contribution in [1.29, 1.82) is 0 Å². The predicted molar refractivity (Wildman–Crippen MR) is 124 cm³/mol. The fourth-order valence-electron chi connectivity index (χ4n) is 3.03. The van der Waals surface area contributed by atoms with Crippen molar-refractivity contribution in [3.8, 4) is 11.5 Å². The molecule has 33 heavy (non-hydrogen) atoms. The number of morpholine rings is 1. The first-order valence-electron chi connectivity index (χ1n) is 10.4. The minimum atomic E-state index is -0.271. The SMILES string of the molecule is COc1cc(/C=N/NC(=O)CSc2nc(C)cc(C)n2)ccc1OCC(=O)N1CCOCC1. The minimum Gasteiger partial charge on any atom is -0.493 e. The molecule has 1 saturated heterocycles. The molecule has 11 heteroatoms. The Morgan fingerprint density at radius 2 is 1.91 bits per heavy atom. The second-order valence-corrected chi connectivity index (χ2v) is 8.15. The Balaban J connectivity index is 1.48. The van der Waals surface area contributed by atoms with Crippen LogP contribution in [-0.4, -0.2) is 78.7 Å². The number of hydrogen-bond donors (Lipinski definition) is 1. The number of ether oxygens (including phenoxy) is 3. The number of hydrogen-bond acceptors (Lipinski definition) is 9. The molecule has 1 aromatic carbocycles. The third kappa shape index (κ3) is 7.72. The van der Waals surface area contributed by atoms with Gasteiger partial charge < -0.3 is 19.1 Å².